The molecule has 3 nitrogen and oxygen atoms in total. The molecule has 0 amide bonds. The van der Waals surface area contributed by atoms with E-state index in [1.165, 1.54) is 0 Å². The highest BCUT2D eigenvalue weighted by atomic mass is 35.5. The fourth-order valence-electron chi connectivity index (χ4n) is 2.09. The van der Waals surface area contributed by atoms with E-state index in [1.54, 1.807) is 7.11 Å². The van der Waals surface area contributed by atoms with E-state index in [1.807, 2.05) is 26.0 Å². The molecule has 1 atom stereocenters. The molecule has 16 heavy (non-hydrogen) atoms. The number of nitrogens with two attached hydrogens (primary N) is 1. The van der Waals surface area contributed by atoms with Crippen LogP contribution in [0.2, 0.25) is 5.02 Å². The quantitative estimate of drug-likeness (QED) is 0.845. The molecule has 0 aliphatic rings. The highest BCUT2D eigenvalue weighted by Crippen LogP contribution is 2.34. The first kappa shape index (κ1) is 11.3. The number of aromatic nitrogens is 1. The highest BCUT2D eigenvalue weighted by Gasteiger charge is 2.14. The van der Waals surface area contributed by atoms with Gasteiger partial charge in [-0.05, 0) is 31.5 Å². The van der Waals surface area contributed by atoms with Crippen LogP contribution in [0.1, 0.15) is 24.2 Å². The van der Waals surface area contributed by atoms with Crippen molar-refractivity contribution < 1.29 is 4.74 Å². The van der Waals surface area contributed by atoms with Crippen molar-refractivity contribution >= 4 is 22.5 Å². The van der Waals surface area contributed by atoms with E-state index in [2.05, 4.69) is 4.98 Å². The van der Waals surface area contributed by atoms with Gasteiger partial charge in [0, 0.05) is 22.6 Å². The fraction of sp³-hybridized carbons (Fsp3) is 0.333. The molecule has 2 aromatic rings. The number of halogens is 1. The summed E-state index contributed by atoms with van der Waals surface area (Å²) < 4.78 is 5.21. The van der Waals surface area contributed by atoms with Crippen molar-refractivity contribution in [2.45, 2.75) is 19.9 Å². The summed E-state index contributed by atoms with van der Waals surface area (Å²) in [5, 5.41) is 1.68. The second-order valence-corrected chi connectivity index (χ2v) is 4.39. The first-order valence-electron chi connectivity index (χ1n) is 5.16. The molecule has 0 saturated carbocycles. The molecular formula is C12H15ClN2O. The Kier molecular flexibility index (Phi) is 2.82. The summed E-state index contributed by atoms with van der Waals surface area (Å²) in [6.45, 7) is 3.98. The van der Waals surface area contributed by atoms with Crippen molar-refractivity contribution in [1.82, 2.24) is 4.98 Å². The molecule has 1 unspecified atom stereocenters. The number of rotatable bonds is 2. The molecule has 0 radical (unpaired) electrons. The number of nitrogens with one attached hydrogen (secondary N) is 1. The molecule has 1 aromatic heterocycles. The fourth-order valence-corrected chi connectivity index (χ4v) is 2.34. The molecule has 0 fully saturated rings. The van der Waals surface area contributed by atoms with E-state index in [0.717, 1.165) is 22.2 Å². The van der Waals surface area contributed by atoms with E-state index in [4.69, 9.17) is 22.1 Å². The van der Waals surface area contributed by atoms with Gasteiger partial charge in [-0.1, -0.05) is 11.6 Å². The van der Waals surface area contributed by atoms with Crippen molar-refractivity contribution in [2.24, 2.45) is 5.73 Å². The van der Waals surface area contributed by atoms with Gasteiger partial charge in [-0.2, -0.15) is 0 Å². The standard InChI is InChI=1S/C12H15ClN2O/c1-6(14)12-7(2)15-10-5-9(13)11(16-3)4-8(10)12/h4-6,15H,14H2,1-3H3. The Bertz CT molecular complexity index is 531. The zero-order valence-corrected chi connectivity index (χ0v) is 10.4. The topological polar surface area (TPSA) is 51.0 Å². The average Bonchev–Trinajstić information content (AvgIpc) is 2.51. The zero-order valence-electron chi connectivity index (χ0n) is 9.60. The Balaban J connectivity index is 2.77. The second kappa shape index (κ2) is 4.00. The van der Waals surface area contributed by atoms with Gasteiger partial charge >= 0.3 is 0 Å². The number of fused-ring (bicyclic) bond motifs is 1. The number of aromatic amines is 1. The maximum Gasteiger partial charge on any atom is 0.138 e. The van der Waals surface area contributed by atoms with Crippen molar-refractivity contribution in [1.29, 1.82) is 0 Å². The minimum absolute atomic E-state index is 0.0142. The van der Waals surface area contributed by atoms with E-state index in [0.29, 0.717) is 10.8 Å². The van der Waals surface area contributed by atoms with Crippen molar-refractivity contribution in [3.63, 3.8) is 0 Å². The highest BCUT2D eigenvalue weighted by molar-refractivity contribution is 6.32. The van der Waals surface area contributed by atoms with E-state index in [9.17, 15) is 0 Å². The smallest absolute Gasteiger partial charge is 0.138 e. The van der Waals surface area contributed by atoms with Gasteiger partial charge in [0.2, 0.25) is 0 Å². The van der Waals surface area contributed by atoms with Crippen LogP contribution in [0.15, 0.2) is 12.1 Å². The molecule has 1 heterocycles. The molecular weight excluding hydrogens is 224 g/mol. The minimum atomic E-state index is -0.0142. The number of hydrogen-bond acceptors (Lipinski definition) is 2. The third-order valence-electron chi connectivity index (χ3n) is 2.76. The lowest BCUT2D eigenvalue weighted by molar-refractivity contribution is 0.415. The molecule has 1 aromatic carbocycles. The summed E-state index contributed by atoms with van der Waals surface area (Å²) in [6, 6.07) is 3.79. The third kappa shape index (κ3) is 1.66. The number of benzene rings is 1. The van der Waals surface area contributed by atoms with Gasteiger partial charge in [-0.25, -0.2) is 0 Å². The summed E-state index contributed by atoms with van der Waals surface area (Å²) >= 11 is 6.07. The van der Waals surface area contributed by atoms with Crippen molar-refractivity contribution in [3.05, 3.63) is 28.4 Å². The molecule has 0 bridgehead atoms. The predicted molar refractivity (Wildman–Crippen MR) is 67.2 cm³/mol. The van der Waals surface area contributed by atoms with Crippen molar-refractivity contribution in [3.8, 4) is 5.75 Å². The lowest BCUT2D eigenvalue weighted by Gasteiger charge is -2.07. The van der Waals surface area contributed by atoms with Crippen LogP contribution < -0.4 is 10.5 Å². The summed E-state index contributed by atoms with van der Waals surface area (Å²) in [7, 11) is 1.61. The van der Waals surface area contributed by atoms with Crippen LogP contribution in [0.3, 0.4) is 0 Å². The molecule has 3 N–H and O–H groups in total. The predicted octanol–water partition coefficient (Wildman–Crippen LogP) is 3.16. The van der Waals surface area contributed by atoms with Crippen LogP contribution in [0.5, 0.6) is 5.75 Å². The largest absolute Gasteiger partial charge is 0.495 e. The van der Waals surface area contributed by atoms with Gasteiger partial charge in [0.05, 0.1) is 12.1 Å². The lowest BCUT2D eigenvalue weighted by Crippen LogP contribution is -2.05. The van der Waals surface area contributed by atoms with E-state index in [-0.39, 0.29) is 6.04 Å². The molecule has 0 spiro atoms. The summed E-state index contributed by atoms with van der Waals surface area (Å²) in [6.07, 6.45) is 0. The van der Waals surface area contributed by atoms with Gasteiger partial charge in [-0.3, -0.25) is 0 Å². The third-order valence-corrected chi connectivity index (χ3v) is 3.06. The molecule has 0 aliphatic heterocycles. The number of H-pyrrole nitrogens is 1. The summed E-state index contributed by atoms with van der Waals surface area (Å²) in [5.41, 5.74) is 9.15. The van der Waals surface area contributed by atoms with Gasteiger partial charge in [0.25, 0.3) is 0 Å². The average molecular weight is 239 g/mol. The number of hydrogen-bond donors (Lipinski definition) is 2. The van der Waals surface area contributed by atoms with Crippen LogP contribution in [0.4, 0.5) is 0 Å². The Morgan fingerprint density at radius 1 is 1.44 bits per heavy atom. The van der Waals surface area contributed by atoms with Gasteiger partial charge in [-0.15, -0.1) is 0 Å². The Hall–Kier alpha value is -1.19. The first-order chi connectivity index (χ1) is 7.54. The summed E-state index contributed by atoms with van der Waals surface area (Å²) in [5.74, 6) is 0.676. The van der Waals surface area contributed by atoms with Crippen LogP contribution in [0, 0.1) is 6.92 Å². The number of ether oxygens (including phenoxy) is 1. The molecule has 86 valence electrons. The van der Waals surface area contributed by atoms with Crippen LogP contribution >= 0.6 is 11.6 Å². The Labute approximate surface area is 99.5 Å². The lowest BCUT2D eigenvalue weighted by atomic mass is 10.1. The molecule has 0 aliphatic carbocycles. The van der Waals surface area contributed by atoms with Crippen LogP contribution in [-0.4, -0.2) is 12.1 Å². The Morgan fingerprint density at radius 2 is 2.12 bits per heavy atom. The Morgan fingerprint density at radius 3 is 2.69 bits per heavy atom. The first-order valence-corrected chi connectivity index (χ1v) is 5.53. The minimum Gasteiger partial charge on any atom is -0.495 e. The maximum atomic E-state index is 6.07. The normalized spacial score (nSPS) is 13.1. The van der Waals surface area contributed by atoms with Crippen LogP contribution in [0.25, 0.3) is 10.9 Å². The molecule has 2 rings (SSSR count). The zero-order chi connectivity index (χ0) is 11.9. The van der Waals surface area contributed by atoms with Gasteiger partial charge < -0.3 is 15.5 Å². The summed E-state index contributed by atoms with van der Waals surface area (Å²) in [4.78, 5) is 3.28. The maximum absolute atomic E-state index is 6.07. The van der Waals surface area contributed by atoms with E-state index < -0.39 is 0 Å². The SMILES string of the molecule is COc1cc2c(C(C)N)c(C)[nH]c2cc1Cl. The molecule has 0 saturated heterocycles. The monoisotopic (exact) mass is 238 g/mol. The number of aryl methyl sites for hydroxylation is 1. The second-order valence-electron chi connectivity index (χ2n) is 3.98. The van der Waals surface area contributed by atoms with Gasteiger partial charge in [0.1, 0.15) is 5.75 Å². The van der Waals surface area contributed by atoms with Crippen LogP contribution in [-0.2, 0) is 0 Å². The van der Waals surface area contributed by atoms with Crippen molar-refractivity contribution in [2.75, 3.05) is 7.11 Å². The van der Waals surface area contributed by atoms with Gasteiger partial charge in [0.15, 0.2) is 0 Å². The number of methoxy groups -OCH3 is 1. The van der Waals surface area contributed by atoms with E-state index >= 15 is 0 Å². The molecule has 4 heteroatoms.